The lowest BCUT2D eigenvalue weighted by molar-refractivity contribution is 0.374. The van der Waals surface area contributed by atoms with E-state index in [1.54, 1.807) is 24.5 Å². The minimum Gasteiger partial charge on any atom is -0.504 e. The Balaban J connectivity index is 1.65. The van der Waals surface area contributed by atoms with Crippen LogP contribution in [0.3, 0.4) is 0 Å². The van der Waals surface area contributed by atoms with Crippen molar-refractivity contribution >= 4 is 37.2 Å². The lowest BCUT2D eigenvalue weighted by atomic mass is 9.94. The lowest BCUT2D eigenvalue weighted by Gasteiger charge is -2.33. The van der Waals surface area contributed by atoms with E-state index in [0.29, 0.717) is 29.2 Å². The molecule has 1 saturated heterocycles. The Hall–Kier alpha value is -2.80. The number of fused-ring (bicyclic) bond motifs is 1. The van der Waals surface area contributed by atoms with Crippen LogP contribution in [0.15, 0.2) is 36.7 Å². The molecule has 0 spiro atoms. The predicted molar refractivity (Wildman–Crippen MR) is 127 cm³/mol. The fourth-order valence-electron chi connectivity index (χ4n) is 4.00. The molecule has 0 bridgehead atoms. The van der Waals surface area contributed by atoms with Crippen LogP contribution >= 0.6 is 8.38 Å². The maximum Gasteiger partial charge on any atom is 0.164 e. The van der Waals surface area contributed by atoms with Crippen molar-refractivity contribution < 1.29 is 19.6 Å². The molecule has 1 aliphatic heterocycles. The van der Waals surface area contributed by atoms with Crippen LogP contribution in [0.4, 0.5) is 5.82 Å². The Morgan fingerprint density at radius 1 is 1.19 bits per heavy atom. The number of aromatic nitrogens is 3. The molecule has 0 aliphatic carbocycles. The Morgan fingerprint density at radius 2 is 2.00 bits per heavy atom. The quantitative estimate of drug-likeness (QED) is 0.462. The third-order valence-electron chi connectivity index (χ3n) is 5.75. The van der Waals surface area contributed by atoms with Crippen LogP contribution in [-0.4, -0.2) is 56.2 Å². The van der Waals surface area contributed by atoms with Gasteiger partial charge >= 0.3 is 0 Å². The van der Waals surface area contributed by atoms with Crippen molar-refractivity contribution in [3.8, 4) is 11.5 Å². The molecule has 0 atom stereocenters. The molecule has 1 aromatic carbocycles. The van der Waals surface area contributed by atoms with Crippen LogP contribution in [-0.2, 0) is 0 Å². The van der Waals surface area contributed by atoms with E-state index in [2.05, 4.69) is 14.9 Å². The van der Waals surface area contributed by atoms with E-state index < -0.39 is 8.38 Å². The Labute approximate surface area is 188 Å². The summed E-state index contributed by atoms with van der Waals surface area (Å²) in [6.07, 6.45) is 10.5. The average Bonchev–Trinajstić information content (AvgIpc) is 2.81. The molecule has 9 heteroatoms. The molecule has 3 N–H and O–H groups in total. The third-order valence-corrected chi connectivity index (χ3v) is 6.41. The van der Waals surface area contributed by atoms with Crippen LogP contribution in [0.1, 0.15) is 30.7 Å². The SMILES string of the molecule is COc1cc2c(N3CCC(CCP(O)O)CC3)nc(/C=C/c3cccnc3)nc2cc1O. The van der Waals surface area contributed by atoms with Gasteiger partial charge in [0.05, 0.1) is 12.6 Å². The van der Waals surface area contributed by atoms with Gasteiger partial charge in [0.15, 0.2) is 25.7 Å². The van der Waals surface area contributed by atoms with E-state index in [9.17, 15) is 14.9 Å². The molecule has 3 heterocycles. The van der Waals surface area contributed by atoms with Crippen molar-refractivity contribution in [2.24, 2.45) is 5.92 Å². The zero-order valence-electron chi connectivity index (χ0n) is 17.9. The first-order valence-corrected chi connectivity index (χ1v) is 12.0. The number of rotatable bonds is 7. The molecule has 0 radical (unpaired) electrons. The fraction of sp³-hybridized carbons (Fsp3) is 0.348. The molecule has 0 amide bonds. The highest BCUT2D eigenvalue weighted by atomic mass is 31.2. The van der Waals surface area contributed by atoms with Gasteiger partial charge in [-0.2, -0.15) is 0 Å². The van der Waals surface area contributed by atoms with Crippen molar-refractivity contribution in [2.75, 3.05) is 31.3 Å². The monoisotopic (exact) mass is 454 g/mol. The molecule has 1 fully saturated rings. The molecule has 8 nitrogen and oxygen atoms in total. The number of pyridine rings is 1. The van der Waals surface area contributed by atoms with Gasteiger partial charge in [-0.1, -0.05) is 6.07 Å². The Morgan fingerprint density at radius 3 is 2.69 bits per heavy atom. The van der Waals surface area contributed by atoms with Crippen molar-refractivity contribution in [2.45, 2.75) is 19.3 Å². The molecule has 0 unspecified atom stereocenters. The summed E-state index contributed by atoms with van der Waals surface area (Å²) >= 11 is 0. The smallest absolute Gasteiger partial charge is 0.164 e. The number of hydrogen-bond donors (Lipinski definition) is 3. The highest BCUT2D eigenvalue weighted by molar-refractivity contribution is 7.45. The van der Waals surface area contributed by atoms with Gasteiger partial charge in [-0.3, -0.25) is 4.98 Å². The maximum absolute atomic E-state index is 10.3. The van der Waals surface area contributed by atoms with Gasteiger partial charge < -0.3 is 24.5 Å². The van der Waals surface area contributed by atoms with Gasteiger partial charge in [0.2, 0.25) is 0 Å². The normalized spacial score (nSPS) is 15.2. The second-order valence-electron chi connectivity index (χ2n) is 7.88. The van der Waals surface area contributed by atoms with Gasteiger partial charge in [-0.15, -0.1) is 0 Å². The highest BCUT2D eigenvalue weighted by Gasteiger charge is 2.23. The molecular formula is C23H27N4O4P. The number of aromatic hydroxyl groups is 1. The van der Waals surface area contributed by atoms with E-state index >= 15 is 0 Å². The van der Waals surface area contributed by atoms with Crippen LogP contribution in [0.25, 0.3) is 23.1 Å². The first kappa shape index (κ1) is 22.4. The second-order valence-corrected chi connectivity index (χ2v) is 9.07. The van der Waals surface area contributed by atoms with Crippen LogP contribution in [0, 0.1) is 5.92 Å². The molecule has 2 aromatic heterocycles. The van der Waals surface area contributed by atoms with E-state index in [0.717, 1.165) is 49.1 Å². The number of hydrogen-bond acceptors (Lipinski definition) is 8. The minimum absolute atomic E-state index is 0.0371. The number of methoxy groups -OCH3 is 1. The fourth-order valence-corrected chi connectivity index (χ4v) is 4.60. The molecule has 0 saturated carbocycles. The van der Waals surface area contributed by atoms with E-state index in [4.69, 9.17) is 9.72 Å². The Kier molecular flexibility index (Phi) is 7.15. The summed E-state index contributed by atoms with van der Waals surface area (Å²) in [5.41, 5.74) is 1.59. The number of ether oxygens (including phenoxy) is 1. The maximum atomic E-state index is 10.3. The van der Waals surface area contributed by atoms with E-state index in [-0.39, 0.29) is 5.75 Å². The topological polar surface area (TPSA) is 112 Å². The van der Waals surface area contributed by atoms with Gasteiger partial charge in [0, 0.05) is 43.1 Å². The number of phenols is 1. The predicted octanol–water partition coefficient (Wildman–Crippen LogP) is 3.81. The Bertz CT molecular complexity index is 1090. The number of piperidine rings is 1. The first-order valence-electron chi connectivity index (χ1n) is 10.6. The largest absolute Gasteiger partial charge is 0.504 e. The van der Waals surface area contributed by atoms with Crippen molar-refractivity contribution in [1.29, 1.82) is 0 Å². The molecule has 168 valence electrons. The molecule has 1 aliphatic rings. The minimum atomic E-state index is -1.82. The van der Waals surface area contributed by atoms with Gasteiger partial charge in [0.1, 0.15) is 5.82 Å². The average molecular weight is 454 g/mol. The number of benzene rings is 1. The van der Waals surface area contributed by atoms with Crippen molar-refractivity contribution in [3.63, 3.8) is 0 Å². The third kappa shape index (κ3) is 5.33. The van der Waals surface area contributed by atoms with Gasteiger partial charge in [0.25, 0.3) is 0 Å². The van der Waals surface area contributed by atoms with Crippen molar-refractivity contribution in [3.05, 3.63) is 48.0 Å². The zero-order valence-corrected chi connectivity index (χ0v) is 18.8. The summed E-state index contributed by atoms with van der Waals surface area (Å²) in [5, 5.41) is 11.1. The molecule has 32 heavy (non-hydrogen) atoms. The summed E-state index contributed by atoms with van der Waals surface area (Å²) < 4.78 is 5.31. The first-order chi connectivity index (χ1) is 15.5. The van der Waals surface area contributed by atoms with E-state index in [1.165, 1.54) is 7.11 Å². The highest BCUT2D eigenvalue weighted by Crippen LogP contribution is 2.36. The van der Waals surface area contributed by atoms with E-state index in [1.807, 2.05) is 24.3 Å². The summed E-state index contributed by atoms with van der Waals surface area (Å²) in [5.74, 6) is 2.26. The summed E-state index contributed by atoms with van der Waals surface area (Å²) in [4.78, 5) is 34.3. The van der Waals surface area contributed by atoms with Crippen LogP contribution in [0.2, 0.25) is 0 Å². The second kappa shape index (κ2) is 10.2. The molecule has 4 rings (SSSR count). The zero-order chi connectivity index (χ0) is 22.5. The summed E-state index contributed by atoms with van der Waals surface area (Å²) in [6.45, 7) is 1.64. The number of nitrogens with zero attached hydrogens (tertiary/aromatic N) is 4. The van der Waals surface area contributed by atoms with Gasteiger partial charge in [-0.25, -0.2) is 9.97 Å². The van der Waals surface area contributed by atoms with Gasteiger partial charge in [-0.05, 0) is 55.0 Å². The number of phenolic OH excluding ortho intramolecular Hbond substituents is 1. The van der Waals surface area contributed by atoms with Crippen LogP contribution in [0.5, 0.6) is 11.5 Å². The lowest BCUT2D eigenvalue weighted by Crippen LogP contribution is -2.34. The van der Waals surface area contributed by atoms with Crippen LogP contribution < -0.4 is 9.64 Å². The standard InChI is InChI=1S/C23H27N4O4P/c1-31-21-13-18-19(14-20(21)28)25-22(5-4-17-3-2-9-24-15-17)26-23(18)27-10-6-16(7-11-27)8-12-32(29)30/h2-5,9,13-16,28-30H,6-8,10-12H2,1H3/b5-4+. The molecule has 3 aromatic rings. The van der Waals surface area contributed by atoms with Crippen molar-refractivity contribution in [1.82, 2.24) is 15.0 Å². The summed E-state index contributed by atoms with van der Waals surface area (Å²) in [7, 11) is -0.302. The number of anilines is 1. The summed E-state index contributed by atoms with van der Waals surface area (Å²) in [6, 6.07) is 7.22. The molecular weight excluding hydrogens is 427 g/mol.